The molecule has 10 heteroatoms. The van der Waals surface area contributed by atoms with E-state index in [1.165, 1.54) is 17.0 Å². The van der Waals surface area contributed by atoms with Crippen molar-refractivity contribution in [3.05, 3.63) is 66.7 Å². The molecule has 1 atom stereocenters. The van der Waals surface area contributed by atoms with Crippen LogP contribution >= 0.6 is 15.9 Å². The highest BCUT2D eigenvalue weighted by molar-refractivity contribution is 9.10. The Morgan fingerprint density at radius 3 is 2.57 bits per heavy atom. The second-order valence-corrected chi connectivity index (χ2v) is 10.0. The van der Waals surface area contributed by atoms with E-state index in [4.69, 9.17) is 9.47 Å². The van der Waals surface area contributed by atoms with Gasteiger partial charge in [-0.05, 0) is 44.5 Å². The molecule has 0 fully saturated rings. The summed E-state index contributed by atoms with van der Waals surface area (Å²) >= 11 is 3.39. The van der Waals surface area contributed by atoms with E-state index >= 15 is 0 Å². The minimum Gasteiger partial charge on any atom is -0.490 e. The number of hydrogen-bond acceptors (Lipinski definition) is 7. The van der Waals surface area contributed by atoms with Gasteiger partial charge in [0.25, 0.3) is 5.56 Å². The topological polar surface area (TPSA) is 109 Å². The second kappa shape index (κ2) is 10.6. The molecule has 9 nitrogen and oxygen atoms in total. The number of ether oxygens (including phenoxy) is 2. The predicted octanol–water partition coefficient (Wildman–Crippen LogP) is 5.82. The van der Waals surface area contributed by atoms with E-state index in [9.17, 15) is 14.9 Å². The number of nitro groups is 1. The predicted molar refractivity (Wildman–Crippen MR) is 140 cm³/mol. The molecule has 3 aromatic rings. The lowest BCUT2D eigenvalue weighted by Crippen LogP contribution is -2.29. The minimum atomic E-state index is -0.514. The normalized spacial score (nSPS) is 12.8. The molecule has 3 rings (SSSR count). The zero-order valence-corrected chi connectivity index (χ0v) is 22.2. The molecule has 0 radical (unpaired) electrons. The van der Waals surface area contributed by atoms with Crippen molar-refractivity contribution in [1.82, 2.24) is 9.66 Å². The van der Waals surface area contributed by atoms with Gasteiger partial charge in [-0.1, -0.05) is 43.6 Å². The standard InChI is InChI=1S/C25H29BrN4O5/c1-7-15(3)35-22-20(30(32)33)11-16(12-21(22)34-8-2)14-27-29-23(31)18-13-17(26)9-10-19(18)28-24(29)25(4,5)6/h9-15H,7-8H2,1-6H3/t15-/m0/s1. The fourth-order valence-electron chi connectivity index (χ4n) is 3.35. The lowest BCUT2D eigenvalue weighted by atomic mass is 9.95. The Morgan fingerprint density at radius 2 is 1.97 bits per heavy atom. The summed E-state index contributed by atoms with van der Waals surface area (Å²) in [5.41, 5.74) is -0.114. The van der Waals surface area contributed by atoms with Crippen LogP contribution in [0.15, 0.2) is 44.7 Å². The number of aromatic nitrogens is 2. The van der Waals surface area contributed by atoms with Crippen molar-refractivity contribution in [1.29, 1.82) is 0 Å². The lowest BCUT2D eigenvalue weighted by molar-refractivity contribution is -0.386. The van der Waals surface area contributed by atoms with E-state index in [1.54, 1.807) is 25.1 Å². The maximum atomic E-state index is 13.4. The number of benzene rings is 2. The molecule has 35 heavy (non-hydrogen) atoms. The molecule has 0 saturated heterocycles. The van der Waals surface area contributed by atoms with Crippen LogP contribution in [-0.2, 0) is 5.41 Å². The third kappa shape index (κ3) is 5.87. The van der Waals surface area contributed by atoms with Crippen LogP contribution in [0.3, 0.4) is 0 Å². The molecular weight excluding hydrogens is 516 g/mol. The number of nitrogens with zero attached hydrogens (tertiary/aromatic N) is 4. The fraction of sp³-hybridized carbons (Fsp3) is 0.400. The third-order valence-electron chi connectivity index (χ3n) is 5.25. The fourth-order valence-corrected chi connectivity index (χ4v) is 3.71. The summed E-state index contributed by atoms with van der Waals surface area (Å²) in [6, 6.07) is 8.27. The van der Waals surface area contributed by atoms with Gasteiger partial charge in [0.05, 0.1) is 34.8 Å². The minimum absolute atomic E-state index is 0.0770. The molecule has 0 spiro atoms. The van der Waals surface area contributed by atoms with Crippen molar-refractivity contribution in [2.24, 2.45) is 5.10 Å². The van der Waals surface area contributed by atoms with Crippen molar-refractivity contribution in [3.63, 3.8) is 0 Å². The van der Waals surface area contributed by atoms with E-state index in [0.717, 1.165) is 4.47 Å². The largest absolute Gasteiger partial charge is 0.490 e. The summed E-state index contributed by atoms with van der Waals surface area (Å²) in [5, 5.41) is 16.7. The first-order valence-corrected chi connectivity index (χ1v) is 12.1. The first-order valence-electron chi connectivity index (χ1n) is 11.3. The van der Waals surface area contributed by atoms with Crippen molar-refractivity contribution < 1.29 is 14.4 Å². The molecule has 186 valence electrons. The molecule has 1 aromatic heterocycles. The number of nitro benzene ring substituents is 1. The first-order chi connectivity index (χ1) is 16.5. The smallest absolute Gasteiger partial charge is 0.315 e. The van der Waals surface area contributed by atoms with Gasteiger partial charge in [0, 0.05) is 21.5 Å². The molecule has 0 unspecified atom stereocenters. The molecule has 0 bridgehead atoms. The van der Waals surface area contributed by atoms with Gasteiger partial charge in [-0.25, -0.2) is 4.98 Å². The van der Waals surface area contributed by atoms with Crippen LogP contribution in [0, 0.1) is 10.1 Å². The van der Waals surface area contributed by atoms with Crippen molar-refractivity contribution in [2.75, 3.05) is 6.61 Å². The van der Waals surface area contributed by atoms with Crippen molar-refractivity contribution in [2.45, 2.75) is 59.5 Å². The first kappa shape index (κ1) is 26.3. The van der Waals surface area contributed by atoms with E-state index in [2.05, 4.69) is 26.0 Å². The van der Waals surface area contributed by atoms with Gasteiger partial charge in [0.1, 0.15) is 5.82 Å². The van der Waals surface area contributed by atoms with Gasteiger partial charge in [-0.15, -0.1) is 0 Å². The van der Waals surface area contributed by atoms with Crippen molar-refractivity contribution in [3.8, 4) is 11.5 Å². The van der Waals surface area contributed by atoms with Gasteiger partial charge >= 0.3 is 5.69 Å². The van der Waals surface area contributed by atoms with Crippen LogP contribution < -0.4 is 15.0 Å². The maximum Gasteiger partial charge on any atom is 0.315 e. The molecule has 0 N–H and O–H groups in total. The highest BCUT2D eigenvalue weighted by atomic mass is 79.9. The molecule has 0 aliphatic rings. The summed E-state index contributed by atoms with van der Waals surface area (Å²) in [4.78, 5) is 29.4. The molecule has 0 aliphatic heterocycles. The Kier molecular flexibility index (Phi) is 7.94. The van der Waals surface area contributed by atoms with E-state index < -0.39 is 10.3 Å². The van der Waals surface area contributed by atoms with Gasteiger partial charge in [0.2, 0.25) is 5.75 Å². The highest BCUT2D eigenvalue weighted by Crippen LogP contribution is 2.39. The summed E-state index contributed by atoms with van der Waals surface area (Å²) in [5.74, 6) is 0.783. The Labute approximate surface area is 212 Å². The summed E-state index contributed by atoms with van der Waals surface area (Å²) in [6.45, 7) is 11.7. The average molecular weight is 545 g/mol. The van der Waals surface area contributed by atoms with Gasteiger partial charge in [0.15, 0.2) is 5.75 Å². The van der Waals surface area contributed by atoms with Crippen LogP contribution in [0.1, 0.15) is 59.4 Å². The quantitative estimate of drug-likeness (QED) is 0.200. The molecule has 1 heterocycles. The van der Waals surface area contributed by atoms with E-state index in [-0.39, 0.29) is 28.8 Å². The van der Waals surface area contributed by atoms with Gasteiger partial charge < -0.3 is 9.47 Å². The van der Waals surface area contributed by atoms with Crippen LogP contribution in [0.5, 0.6) is 11.5 Å². The van der Waals surface area contributed by atoms with E-state index in [1.807, 2.05) is 40.7 Å². The number of fused-ring (bicyclic) bond motifs is 1. The molecule has 0 amide bonds. The zero-order chi connectivity index (χ0) is 25.9. The van der Waals surface area contributed by atoms with Crippen molar-refractivity contribution >= 4 is 38.7 Å². The van der Waals surface area contributed by atoms with Crippen LogP contribution in [0.2, 0.25) is 0 Å². The van der Waals surface area contributed by atoms with Crippen LogP contribution in [0.4, 0.5) is 5.69 Å². The average Bonchev–Trinajstić information content (AvgIpc) is 2.79. The summed E-state index contributed by atoms with van der Waals surface area (Å²) in [7, 11) is 0. The highest BCUT2D eigenvalue weighted by Gasteiger charge is 2.25. The van der Waals surface area contributed by atoms with E-state index in [0.29, 0.717) is 35.3 Å². The zero-order valence-electron chi connectivity index (χ0n) is 20.7. The molecule has 2 aromatic carbocycles. The second-order valence-electron chi connectivity index (χ2n) is 9.10. The molecule has 0 aliphatic carbocycles. The maximum absolute atomic E-state index is 13.4. The number of halogens is 1. The monoisotopic (exact) mass is 544 g/mol. The Balaban J connectivity index is 2.20. The summed E-state index contributed by atoms with van der Waals surface area (Å²) < 4.78 is 13.5. The molecule has 0 saturated carbocycles. The molecular formula is C25H29BrN4O5. The number of rotatable bonds is 8. The Bertz CT molecular complexity index is 1340. The van der Waals surface area contributed by atoms with Gasteiger partial charge in [-0.2, -0.15) is 9.78 Å². The Hall–Kier alpha value is -3.27. The number of hydrogen-bond donors (Lipinski definition) is 0. The Morgan fingerprint density at radius 1 is 1.26 bits per heavy atom. The van der Waals surface area contributed by atoms with Crippen LogP contribution in [0.25, 0.3) is 10.9 Å². The summed E-state index contributed by atoms with van der Waals surface area (Å²) in [6.07, 6.45) is 1.84. The lowest BCUT2D eigenvalue weighted by Gasteiger charge is -2.21. The third-order valence-corrected chi connectivity index (χ3v) is 5.74. The van der Waals surface area contributed by atoms with Crippen LogP contribution in [-0.4, -0.2) is 33.5 Å². The van der Waals surface area contributed by atoms with Gasteiger partial charge in [-0.3, -0.25) is 14.9 Å². The SMILES string of the molecule is CCOc1cc(C=Nn2c(C(C)(C)C)nc3ccc(Br)cc3c2=O)cc([N+](=O)[O-])c1O[C@@H](C)CC.